The van der Waals surface area contributed by atoms with E-state index >= 15 is 0 Å². The van der Waals surface area contributed by atoms with Crippen molar-refractivity contribution in [2.75, 3.05) is 0 Å². The summed E-state index contributed by atoms with van der Waals surface area (Å²) in [5.74, 6) is -49.4. The minimum absolute atomic E-state index is 0.131. The summed E-state index contributed by atoms with van der Waals surface area (Å²) in [6.45, 7) is 0. The molecular formula is C20H14F19Te+. The van der Waals surface area contributed by atoms with Gasteiger partial charge in [0.15, 0.2) is 0 Å². The molecule has 0 aromatic heterocycles. The molecule has 0 saturated heterocycles. The Morgan fingerprint density at radius 2 is 0.975 bits per heavy atom. The zero-order valence-corrected chi connectivity index (χ0v) is 21.3. The molecule has 0 amide bonds. The predicted octanol–water partition coefficient (Wildman–Crippen LogP) is 8.37. The van der Waals surface area contributed by atoms with Crippen LogP contribution in [-0.2, 0) is 6.42 Å². The molecular weight excluding hydrogens is 729 g/mol. The van der Waals surface area contributed by atoms with Gasteiger partial charge in [0.25, 0.3) is 0 Å². The number of hydrogen-bond acceptors (Lipinski definition) is 0. The maximum absolute atomic E-state index is 14.3. The van der Waals surface area contributed by atoms with Gasteiger partial charge < -0.3 is 0 Å². The van der Waals surface area contributed by atoms with E-state index < -0.39 is 84.0 Å². The van der Waals surface area contributed by atoms with Crippen molar-refractivity contribution in [2.24, 2.45) is 0 Å². The maximum atomic E-state index is 14.3. The topological polar surface area (TPSA) is 0 Å². The van der Waals surface area contributed by atoms with Gasteiger partial charge in [0.2, 0.25) is 0 Å². The summed E-state index contributed by atoms with van der Waals surface area (Å²) in [7, 11) is 0. The number of hydrogen-bond donors (Lipinski definition) is 0. The van der Waals surface area contributed by atoms with Gasteiger partial charge in [0.1, 0.15) is 0 Å². The summed E-state index contributed by atoms with van der Waals surface area (Å²) in [5, 5.41) is 0. The molecule has 2 rings (SSSR count). The molecule has 1 heterocycles. The van der Waals surface area contributed by atoms with E-state index in [2.05, 4.69) is 0 Å². The van der Waals surface area contributed by atoms with E-state index in [1.165, 1.54) is 24.3 Å². The molecule has 0 N–H and O–H groups in total. The third-order valence-corrected chi connectivity index (χ3v) is 13.2. The van der Waals surface area contributed by atoms with Gasteiger partial charge in [-0.15, -0.1) is 0 Å². The van der Waals surface area contributed by atoms with Crippen LogP contribution >= 0.6 is 0 Å². The number of rotatable bonds is 9. The van der Waals surface area contributed by atoms with E-state index in [1.807, 2.05) is 0 Å². The van der Waals surface area contributed by atoms with Gasteiger partial charge in [0.05, 0.1) is 0 Å². The number of halogens is 19. The van der Waals surface area contributed by atoms with E-state index in [-0.39, 0.29) is 4.47 Å². The Morgan fingerprint density at radius 3 is 1.45 bits per heavy atom. The number of alkyl halides is 19. The average molecular weight is 743 g/mol. The molecule has 1 aliphatic rings. The Balaban J connectivity index is 2.51. The van der Waals surface area contributed by atoms with Crippen molar-refractivity contribution >= 4 is 23.2 Å². The Bertz CT molecular complexity index is 1040. The second-order valence-electron chi connectivity index (χ2n) is 8.59. The van der Waals surface area contributed by atoms with Gasteiger partial charge in [-0.1, -0.05) is 0 Å². The van der Waals surface area contributed by atoms with Crippen LogP contribution in [0.2, 0.25) is 8.94 Å². The van der Waals surface area contributed by atoms with Crippen LogP contribution in [0.15, 0.2) is 24.3 Å². The third kappa shape index (κ3) is 4.89. The van der Waals surface area contributed by atoms with Gasteiger partial charge in [0, 0.05) is 0 Å². The van der Waals surface area contributed by atoms with Crippen LogP contribution in [0.25, 0.3) is 0 Å². The SMILES string of the molecule is FC(F)(F)C(F)(C(F)(F)F)C(F)(F)C(F)(F)C(F)(F)C(F)(F)C(F)(F)C(F)(F)CC[Te+]1CCCc2ccccc21. The second kappa shape index (κ2) is 10.1. The molecule has 0 bridgehead atoms. The summed E-state index contributed by atoms with van der Waals surface area (Å²) in [5.41, 5.74) is -8.14. The molecule has 1 aromatic carbocycles. The Labute approximate surface area is 218 Å². The molecule has 0 nitrogen and oxygen atoms in total. The van der Waals surface area contributed by atoms with Crippen molar-refractivity contribution in [3.8, 4) is 0 Å². The average Bonchev–Trinajstić information content (AvgIpc) is 2.79. The van der Waals surface area contributed by atoms with E-state index in [0.717, 1.165) is 0 Å². The standard InChI is InChI=1S/C20H14F19Te/c21-12(22,7-9-40-8-3-5-10-4-1-2-6-11(10)40)14(24,25)16(28,29)18(32,33)17(30,31)15(26,27)13(23,19(34,35)36)20(37,38)39/h1-2,4,6H,3,5,7-9H2/q+1. The van der Waals surface area contributed by atoms with Crippen LogP contribution in [0.5, 0.6) is 0 Å². The quantitative estimate of drug-likeness (QED) is 0.176. The molecule has 0 radical (unpaired) electrons. The van der Waals surface area contributed by atoms with E-state index in [0.29, 0.717) is 22.0 Å². The van der Waals surface area contributed by atoms with Crippen LogP contribution < -0.4 is 3.61 Å². The van der Waals surface area contributed by atoms with Crippen molar-refractivity contribution < 1.29 is 83.4 Å². The first-order chi connectivity index (χ1) is 17.6. The van der Waals surface area contributed by atoms with Crippen molar-refractivity contribution in [3.05, 3.63) is 29.8 Å². The number of benzene rings is 1. The fourth-order valence-corrected chi connectivity index (χ4v) is 10.7. The first-order valence-electron chi connectivity index (χ1n) is 10.4. The summed E-state index contributed by atoms with van der Waals surface area (Å²) in [6.07, 6.45) is -18.2. The molecule has 1 aliphatic heterocycles. The summed E-state index contributed by atoms with van der Waals surface area (Å²) < 4.78 is 256. The summed E-state index contributed by atoms with van der Waals surface area (Å²) in [4.78, 5) is 0. The first kappa shape index (κ1) is 34.9. The fourth-order valence-electron chi connectivity index (χ4n) is 3.71. The molecule has 40 heavy (non-hydrogen) atoms. The van der Waals surface area contributed by atoms with Crippen LogP contribution in [0.4, 0.5) is 83.4 Å². The molecule has 0 aliphatic carbocycles. The molecule has 0 atom stereocenters. The summed E-state index contributed by atoms with van der Waals surface area (Å²) >= 11 is -3.09. The third-order valence-electron chi connectivity index (χ3n) is 6.03. The first-order valence-corrected chi connectivity index (χ1v) is 14.9. The zero-order chi connectivity index (χ0) is 31.6. The normalized spacial score (nSPS) is 17.7. The van der Waals surface area contributed by atoms with Crippen LogP contribution in [-0.4, -0.2) is 73.1 Å². The molecule has 20 heteroatoms. The van der Waals surface area contributed by atoms with Crippen LogP contribution in [0, 0.1) is 0 Å². The minimum atomic E-state index is -8.98. The van der Waals surface area contributed by atoms with Crippen molar-refractivity contribution in [2.45, 2.75) is 81.8 Å². The van der Waals surface area contributed by atoms with Crippen LogP contribution in [0.3, 0.4) is 0 Å². The molecule has 0 spiro atoms. The molecule has 0 saturated carbocycles. The van der Waals surface area contributed by atoms with E-state index in [9.17, 15) is 83.4 Å². The van der Waals surface area contributed by atoms with E-state index in [4.69, 9.17) is 0 Å². The zero-order valence-electron chi connectivity index (χ0n) is 18.9. The molecule has 232 valence electrons. The van der Waals surface area contributed by atoms with Gasteiger partial charge in [-0.05, 0) is 0 Å². The number of aryl methyl sites for hydroxylation is 1. The van der Waals surface area contributed by atoms with E-state index in [1.54, 1.807) is 0 Å². The van der Waals surface area contributed by atoms with Crippen molar-refractivity contribution in [1.82, 2.24) is 0 Å². The van der Waals surface area contributed by atoms with Gasteiger partial charge in [-0.25, -0.2) is 0 Å². The van der Waals surface area contributed by atoms with Gasteiger partial charge >= 0.3 is 218 Å². The van der Waals surface area contributed by atoms with Gasteiger partial charge in [-0.2, -0.15) is 0 Å². The Morgan fingerprint density at radius 1 is 0.550 bits per heavy atom. The summed E-state index contributed by atoms with van der Waals surface area (Å²) in [6, 6.07) is 5.80. The van der Waals surface area contributed by atoms with Crippen molar-refractivity contribution in [1.29, 1.82) is 0 Å². The molecule has 0 fully saturated rings. The second-order valence-corrected chi connectivity index (χ2v) is 15.0. The van der Waals surface area contributed by atoms with Crippen molar-refractivity contribution in [3.63, 3.8) is 0 Å². The monoisotopic (exact) mass is 745 g/mol. The number of fused-ring (bicyclic) bond motifs is 1. The Hall–Kier alpha value is -1.32. The van der Waals surface area contributed by atoms with Crippen LogP contribution in [0.1, 0.15) is 18.4 Å². The fraction of sp³-hybridized carbons (Fsp3) is 0.700. The Kier molecular flexibility index (Phi) is 8.85. The predicted molar refractivity (Wildman–Crippen MR) is 100 cm³/mol. The molecule has 1 aromatic rings. The molecule has 0 unspecified atom stereocenters. The van der Waals surface area contributed by atoms with Gasteiger partial charge in [-0.3, -0.25) is 0 Å².